The number of fused-ring (bicyclic) bond motifs is 2. The smallest absolute Gasteiger partial charge is 0.236 e. The van der Waals surface area contributed by atoms with Crippen LogP contribution in [-0.2, 0) is 24.0 Å². The molecule has 34 heavy (non-hydrogen) atoms. The summed E-state index contributed by atoms with van der Waals surface area (Å²) < 4.78 is 15.0. The summed E-state index contributed by atoms with van der Waals surface area (Å²) in [4.78, 5) is 67.7. The lowest BCUT2D eigenvalue weighted by Crippen LogP contribution is -2.65. The Hall–Kier alpha value is -2.88. The van der Waals surface area contributed by atoms with Crippen LogP contribution in [0.5, 0.6) is 0 Å². The lowest BCUT2D eigenvalue weighted by atomic mass is 9.53. The number of Topliss-reactive ketones (excluding diaryl/α,β-unsaturated/α-hetero) is 4. The molecule has 0 spiro atoms. The third-order valence-corrected chi connectivity index (χ3v) is 8.15. The number of amides is 1. The molecule has 4 aliphatic carbocycles. The summed E-state index contributed by atoms with van der Waals surface area (Å²) in [7, 11) is 3.07. The Labute approximate surface area is 196 Å². The van der Waals surface area contributed by atoms with E-state index < -0.39 is 76.8 Å². The molecule has 8 atom stereocenters. The lowest BCUT2D eigenvalue weighted by molar-refractivity contribution is -0.145. The summed E-state index contributed by atoms with van der Waals surface area (Å²) >= 11 is 0. The van der Waals surface area contributed by atoms with E-state index in [4.69, 9.17) is 10.8 Å². The fourth-order valence-corrected chi connectivity index (χ4v) is 6.43. The zero-order valence-electron chi connectivity index (χ0n) is 19.4. The number of alkyl halides is 1. The van der Waals surface area contributed by atoms with Crippen LogP contribution in [0.4, 0.5) is 4.39 Å². The first-order chi connectivity index (χ1) is 16.1. The van der Waals surface area contributed by atoms with Crippen LogP contribution in [0.15, 0.2) is 11.1 Å². The number of carbonyl (C=O) groups is 5. The van der Waals surface area contributed by atoms with Gasteiger partial charge in [-0.25, -0.2) is 4.39 Å². The SMILES string of the molecule is CCN(C)C1C(=O)C(C(=O)NC)C(=N)C2C(=O)C3C(=O)C4=C(CC3CC21)C(F)CC(C=N)C4=O. The summed E-state index contributed by atoms with van der Waals surface area (Å²) in [6.45, 7) is 2.31. The molecule has 0 aliphatic heterocycles. The highest BCUT2D eigenvalue weighted by molar-refractivity contribution is 6.33. The van der Waals surface area contributed by atoms with Gasteiger partial charge in [0, 0.05) is 19.0 Å². The Bertz CT molecular complexity index is 1050. The second-order valence-corrected chi connectivity index (χ2v) is 9.75. The highest BCUT2D eigenvalue weighted by Gasteiger charge is 2.61. The highest BCUT2D eigenvalue weighted by atomic mass is 19.1. The van der Waals surface area contributed by atoms with Crippen molar-refractivity contribution in [2.24, 2.45) is 35.5 Å². The highest BCUT2D eigenvalue weighted by Crippen LogP contribution is 2.50. The van der Waals surface area contributed by atoms with Gasteiger partial charge in [-0.05, 0) is 50.3 Å². The molecule has 4 aliphatic rings. The summed E-state index contributed by atoms with van der Waals surface area (Å²) in [5, 5.41) is 18.5. The maximum absolute atomic E-state index is 15.0. The van der Waals surface area contributed by atoms with Gasteiger partial charge in [0.05, 0.1) is 29.4 Å². The first-order valence-electron chi connectivity index (χ1n) is 11.6. The molecular weight excluding hydrogens is 443 g/mol. The Balaban J connectivity index is 1.79. The van der Waals surface area contributed by atoms with Crippen molar-refractivity contribution in [3.8, 4) is 0 Å². The zero-order valence-corrected chi connectivity index (χ0v) is 19.4. The first kappa shape index (κ1) is 24.3. The van der Waals surface area contributed by atoms with Crippen molar-refractivity contribution in [3.05, 3.63) is 11.1 Å². The maximum atomic E-state index is 15.0. The van der Waals surface area contributed by atoms with Crippen molar-refractivity contribution >= 4 is 41.0 Å². The fraction of sp³-hybridized carbons (Fsp3) is 0.625. The topological polar surface area (TPSA) is 148 Å². The van der Waals surface area contributed by atoms with Crippen molar-refractivity contribution in [1.29, 1.82) is 10.8 Å². The molecule has 0 bridgehead atoms. The van der Waals surface area contributed by atoms with Crippen molar-refractivity contribution in [2.45, 2.75) is 38.4 Å². The van der Waals surface area contributed by atoms with Crippen LogP contribution in [0.25, 0.3) is 0 Å². The second-order valence-electron chi connectivity index (χ2n) is 9.75. The summed E-state index contributed by atoms with van der Waals surface area (Å²) in [5.41, 5.74) is -0.521. The summed E-state index contributed by atoms with van der Waals surface area (Å²) in [6, 6.07) is -0.793. The molecule has 0 radical (unpaired) electrons. The van der Waals surface area contributed by atoms with Crippen molar-refractivity contribution in [2.75, 3.05) is 20.6 Å². The number of allylic oxidation sites excluding steroid dienone is 2. The molecule has 0 heterocycles. The number of ketones is 4. The molecule has 1 amide bonds. The lowest BCUT2D eigenvalue weighted by Gasteiger charge is -2.50. The monoisotopic (exact) mass is 472 g/mol. The first-order valence-corrected chi connectivity index (χ1v) is 11.6. The maximum Gasteiger partial charge on any atom is 0.236 e. The number of hydrogen-bond acceptors (Lipinski definition) is 8. The normalized spacial score (nSPS) is 37.9. The van der Waals surface area contributed by atoms with E-state index in [2.05, 4.69) is 5.32 Å². The standard InChI is InChI=1S/C24H29FN4O5/c1-4-29(3)19-12-6-9-5-11-13(25)7-10(8-26)20(30)16(11)22(32)14(9)21(31)15(12)18(27)17(23(19)33)24(34)28-2/h8-10,12-15,17,19,26-27H,4-7H2,1-3H3,(H,28,34). The number of nitrogens with one attached hydrogen (secondary N) is 3. The molecule has 0 saturated heterocycles. The average Bonchev–Trinajstić information content (AvgIpc) is 2.80. The Morgan fingerprint density at radius 2 is 1.82 bits per heavy atom. The third-order valence-electron chi connectivity index (χ3n) is 8.15. The molecule has 182 valence electrons. The van der Waals surface area contributed by atoms with Gasteiger partial charge in [0.25, 0.3) is 0 Å². The largest absolute Gasteiger partial charge is 0.358 e. The van der Waals surface area contributed by atoms with Gasteiger partial charge in [0.1, 0.15) is 12.1 Å². The van der Waals surface area contributed by atoms with Gasteiger partial charge in [0.15, 0.2) is 23.1 Å². The Morgan fingerprint density at radius 1 is 1.15 bits per heavy atom. The van der Waals surface area contributed by atoms with Gasteiger partial charge in [-0.1, -0.05) is 6.92 Å². The number of nitrogens with zero attached hydrogens (tertiary/aromatic N) is 1. The van der Waals surface area contributed by atoms with E-state index in [1.54, 1.807) is 11.9 Å². The van der Waals surface area contributed by atoms with Gasteiger partial charge < -0.3 is 16.1 Å². The number of likely N-dealkylation sites (N-methyl/N-ethyl adjacent to an activating group) is 1. The van der Waals surface area contributed by atoms with Crippen LogP contribution in [0.3, 0.4) is 0 Å². The van der Waals surface area contributed by atoms with E-state index in [-0.39, 0.29) is 36.1 Å². The Morgan fingerprint density at radius 3 is 2.41 bits per heavy atom. The van der Waals surface area contributed by atoms with E-state index in [0.29, 0.717) is 6.54 Å². The molecule has 4 rings (SSSR count). The summed E-state index contributed by atoms with van der Waals surface area (Å²) in [6.07, 6.45) is -0.610. The van der Waals surface area contributed by atoms with Gasteiger partial charge in [-0.3, -0.25) is 28.9 Å². The van der Waals surface area contributed by atoms with Gasteiger partial charge in [0.2, 0.25) is 5.91 Å². The van der Waals surface area contributed by atoms with Crippen LogP contribution in [0.2, 0.25) is 0 Å². The minimum atomic E-state index is -1.55. The molecular formula is C24H29FN4O5. The van der Waals surface area contributed by atoms with E-state index >= 15 is 0 Å². The quantitative estimate of drug-likeness (QED) is 0.309. The molecule has 3 N–H and O–H groups in total. The van der Waals surface area contributed by atoms with E-state index in [1.165, 1.54) is 7.05 Å². The molecule has 2 saturated carbocycles. The molecule has 2 fully saturated rings. The van der Waals surface area contributed by atoms with E-state index in [0.717, 1.165) is 6.21 Å². The van der Waals surface area contributed by atoms with Crippen LogP contribution < -0.4 is 5.32 Å². The van der Waals surface area contributed by atoms with E-state index in [9.17, 15) is 28.4 Å². The number of rotatable bonds is 4. The van der Waals surface area contributed by atoms with Gasteiger partial charge in [-0.15, -0.1) is 0 Å². The van der Waals surface area contributed by atoms with Crippen LogP contribution in [0, 0.1) is 46.3 Å². The minimum Gasteiger partial charge on any atom is -0.358 e. The minimum absolute atomic E-state index is 0.0568. The van der Waals surface area contributed by atoms with Crippen molar-refractivity contribution in [3.63, 3.8) is 0 Å². The van der Waals surface area contributed by atoms with Gasteiger partial charge >= 0.3 is 0 Å². The Kier molecular flexibility index (Phi) is 6.22. The average molecular weight is 473 g/mol. The zero-order chi connectivity index (χ0) is 25.1. The molecule has 10 heteroatoms. The summed E-state index contributed by atoms with van der Waals surface area (Å²) in [5.74, 6) is -9.03. The van der Waals surface area contributed by atoms with Crippen molar-refractivity contribution < 1.29 is 28.4 Å². The van der Waals surface area contributed by atoms with Crippen LogP contribution >= 0.6 is 0 Å². The molecule has 0 aromatic carbocycles. The van der Waals surface area contributed by atoms with Crippen LogP contribution in [0.1, 0.15) is 26.2 Å². The van der Waals surface area contributed by atoms with Gasteiger partial charge in [-0.2, -0.15) is 0 Å². The van der Waals surface area contributed by atoms with Crippen molar-refractivity contribution in [1.82, 2.24) is 10.2 Å². The number of hydrogen-bond donors (Lipinski definition) is 3. The number of carbonyl (C=O) groups excluding carboxylic acids is 5. The number of halogens is 1. The molecule has 9 nitrogen and oxygen atoms in total. The third kappa shape index (κ3) is 3.33. The second kappa shape index (κ2) is 8.72. The molecule has 0 aromatic heterocycles. The van der Waals surface area contributed by atoms with Crippen LogP contribution in [-0.4, -0.2) is 78.7 Å². The molecule has 0 aromatic rings. The predicted molar refractivity (Wildman–Crippen MR) is 119 cm³/mol. The fourth-order valence-electron chi connectivity index (χ4n) is 6.43. The molecule has 8 unspecified atom stereocenters. The predicted octanol–water partition coefficient (Wildman–Crippen LogP) is 0.555. The van der Waals surface area contributed by atoms with E-state index in [1.807, 2.05) is 6.92 Å².